The molecule has 0 saturated heterocycles. The Morgan fingerprint density at radius 2 is 1.85 bits per heavy atom. The number of hydrogen-bond acceptors (Lipinski definition) is 2. The van der Waals surface area contributed by atoms with Gasteiger partial charge >= 0.3 is 0 Å². The van der Waals surface area contributed by atoms with Crippen LogP contribution in [0.15, 0.2) is 23.2 Å². The Labute approximate surface area is 122 Å². The zero-order valence-corrected chi connectivity index (χ0v) is 13.1. The first-order chi connectivity index (χ1) is 9.47. The maximum absolute atomic E-state index is 5.88. The summed E-state index contributed by atoms with van der Waals surface area (Å²) in [4.78, 5) is 4.32. The summed E-state index contributed by atoms with van der Waals surface area (Å²) in [5.74, 6) is 0.472. The molecule has 0 unspecified atom stereocenters. The van der Waals surface area contributed by atoms with Gasteiger partial charge in [-0.05, 0) is 63.8 Å². The highest BCUT2D eigenvalue weighted by molar-refractivity contribution is 5.92. The van der Waals surface area contributed by atoms with Crippen molar-refractivity contribution in [3.8, 4) is 0 Å². The van der Waals surface area contributed by atoms with Crippen molar-refractivity contribution in [1.29, 1.82) is 0 Å². The van der Waals surface area contributed by atoms with E-state index in [0.29, 0.717) is 12.1 Å². The largest absolute Gasteiger partial charge is 0.379 e. The second-order valence-corrected chi connectivity index (χ2v) is 5.40. The van der Waals surface area contributed by atoms with E-state index in [4.69, 9.17) is 10.5 Å². The Bertz CT molecular complexity index is 421. The highest BCUT2D eigenvalue weighted by atomic mass is 16.5. The van der Waals surface area contributed by atoms with Crippen LogP contribution in [0.25, 0.3) is 0 Å². The highest BCUT2D eigenvalue weighted by Crippen LogP contribution is 2.13. The molecule has 0 fully saturated rings. The summed E-state index contributed by atoms with van der Waals surface area (Å²) in [5.41, 5.74) is 9.30. The van der Waals surface area contributed by atoms with Crippen LogP contribution < -0.4 is 11.1 Å². The van der Waals surface area contributed by atoms with Gasteiger partial charge in [0.05, 0.1) is 6.10 Å². The van der Waals surface area contributed by atoms with E-state index in [0.717, 1.165) is 31.7 Å². The third-order valence-corrected chi connectivity index (χ3v) is 2.78. The van der Waals surface area contributed by atoms with Crippen molar-refractivity contribution in [2.45, 2.75) is 46.6 Å². The predicted molar refractivity (Wildman–Crippen MR) is 86.4 cm³/mol. The van der Waals surface area contributed by atoms with Gasteiger partial charge in [-0.2, -0.15) is 0 Å². The Balaban J connectivity index is 2.31. The van der Waals surface area contributed by atoms with Gasteiger partial charge in [-0.15, -0.1) is 0 Å². The molecule has 0 radical (unpaired) electrons. The van der Waals surface area contributed by atoms with Gasteiger partial charge < -0.3 is 15.8 Å². The number of aryl methyl sites for hydroxylation is 2. The Kier molecular flexibility index (Phi) is 7.09. The molecule has 0 spiro atoms. The molecule has 4 nitrogen and oxygen atoms in total. The van der Waals surface area contributed by atoms with Crippen molar-refractivity contribution in [2.24, 2.45) is 10.7 Å². The van der Waals surface area contributed by atoms with Gasteiger partial charge in [-0.25, -0.2) is 0 Å². The van der Waals surface area contributed by atoms with Crippen LogP contribution >= 0.6 is 0 Å². The van der Waals surface area contributed by atoms with Crippen LogP contribution in [0.5, 0.6) is 0 Å². The molecule has 0 heterocycles. The highest BCUT2D eigenvalue weighted by Gasteiger charge is 1.98. The summed E-state index contributed by atoms with van der Waals surface area (Å²) in [6, 6.07) is 6.25. The zero-order valence-electron chi connectivity index (χ0n) is 13.1. The molecule has 3 N–H and O–H groups in total. The molecule has 0 atom stereocenters. The number of ether oxygens (including phenoxy) is 1. The minimum Gasteiger partial charge on any atom is -0.379 e. The van der Waals surface area contributed by atoms with Gasteiger partial charge in [-0.1, -0.05) is 6.07 Å². The maximum Gasteiger partial charge on any atom is 0.193 e. The predicted octanol–water partition coefficient (Wildman–Crippen LogP) is 3.24. The van der Waals surface area contributed by atoms with Crippen molar-refractivity contribution in [1.82, 2.24) is 0 Å². The monoisotopic (exact) mass is 277 g/mol. The van der Waals surface area contributed by atoms with Crippen LogP contribution in [0.2, 0.25) is 0 Å². The number of anilines is 1. The average Bonchev–Trinajstić information content (AvgIpc) is 2.31. The molecule has 1 rings (SSSR count). The minimum absolute atomic E-state index is 0.301. The lowest BCUT2D eigenvalue weighted by Gasteiger charge is -2.08. The number of benzene rings is 1. The van der Waals surface area contributed by atoms with Crippen LogP contribution in [-0.4, -0.2) is 25.2 Å². The quantitative estimate of drug-likeness (QED) is 0.457. The van der Waals surface area contributed by atoms with Gasteiger partial charge in [0.15, 0.2) is 5.96 Å². The van der Waals surface area contributed by atoms with Gasteiger partial charge in [0.1, 0.15) is 0 Å². The fraction of sp³-hybridized carbons (Fsp3) is 0.562. The first kappa shape index (κ1) is 16.5. The summed E-state index contributed by atoms with van der Waals surface area (Å²) in [6.07, 6.45) is 2.30. The first-order valence-electron chi connectivity index (χ1n) is 7.24. The second-order valence-electron chi connectivity index (χ2n) is 5.40. The molecule has 0 aliphatic carbocycles. The van der Waals surface area contributed by atoms with Crippen molar-refractivity contribution in [3.05, 3.63) is 29.3 Å². The van der Waals surface area contributed by atoms with E-state index in [2.05, 4.69) is 42.4 Å². The summed E-state index contributed by atoms with van der Waals surface area (Å²) in [6.45, 7) is 9.75. The Morgan fingerprint density at radius 1 is 1.20 bits per heavy atom. The van der Waals surface area contributed by atoms with E-state index in [9.17, 15) is 0 Å². The van der Waals surface area contributed by atoms with Crippen molar-refractivity contribution >= 4 is 11.6 Å². The third-order valence-electron chi connectivity index (χ3n) is 2.78. The van der Waals surface area contributed by atoms with Gasteiger partial charge in [0, 0.05) is 18.8 Å². The molecular weight excluding hydrogens is 250 g/mol. The molecular formula is C16H27N3O. The maximum atomic E-state index is 5.88. The lowest BCUT2D eigenvalue weighted by atomic mass is 10.1. The summed E-state index contributed by atoms with van der Waals surface area (Å²) in [5, 5.41) is 3.13. The molecule has 1 aromatic carbocycles. The molecule has 1 aromatic rings. The summed E-state index contributed by atoms with van der Waals surface area (Å²) >= 11 is 0. The van der Waals surface area contributed by atoms with Gasteiger partial charge in [0.25, 0.3) is 0 Å². The standard InChI is InChI=1S/C16H27N3O/c1-12(2)20-8-6-5-7-18-16(17)19-15-10-13(3)9-14(4)11-15/h9-12H,5-8H2,1-4H3,(H3,17,18,19). The van der Waals surface area contributed by atoms with Gasteiger partial charge in [0.2, 0.25) is 0 Å². The number of nitrogens with two attached hydrogens (primary N) is 1. The first-order valence-corrected chi connectivity index (χ1v) is 7.24. The number of nitrogens with one attached hydrogen (secondary N) is 1. The SMILES string of the molecule is Cc1cc(C)cc(NC(N)=NCCCCOC(C)C)c1. The zero-order chi connectivity index (χ0) is 15.0. The van der Waals surface area contributed by atoms with Crippen molar-refractivity contribution in [3.63, 3.8) is 0 Å². The number of rotatable bonds is 7. The van der Waals surface area contributed by atoms with Crippen LogP contribution in [0.4, 0.5) is 5.69 Å². The van der Waals surface area contributed by atoms with E-state index in [1.807, 2.05) is 13.8 Å². The fourth-order valence-electron chi connectivity index (χ4n) is 1.97. The molecule has 0 bridgehead atoms. The van der Waals surface area contributed by atoms with E-state index in [1.54, 1.807) is 0 Å². The van der Waals surface area contributed by atoms with Crippen LogP contribution in [0.1, 0.15) is 37.8 Å². The summed E-state index contributed by atoms with van der Waals surface area (Å²) < 4.78 is 5.48. The topological polar surface area (TPSA) is 59.6 Å². The molecule has 0 aliphatic heterocycles. The number of guanidine groups is 1. The Hall–Kier alpha value is -1.55. The molecule has 0 aliphatic rings. The molecule has 0 saturated carbocycles. The average molecular weight is 277 g/mol. The van der Waals surface area contributed by atoms with Crippen LogP contribution in [0.3, 0.4) is 0 Å². The van der Waals surface area contributed by atoms with E-state index < -0.39 is 0 Å². The van der Waals surface area contributed by atoms with Crippen molar-refractivity contribution in [2.75, 3.05) is 18.5 Å². The minimum atomic E-state index is 0.301. The molecule has 4 heteroatoms. The van der Waals surface area contributed by atoms with E-state index >= 15 is 0 Å². The number of hydrogen-bond donors (Lipinski definition) is 2. The van der Waals surface area contributed by atoms with E-state index in [1.165, 1.54) is 11.1 Å². The molecule has 112 valence electrons. The number of nitrogens with zero attached hydrogens (tertiary/aromatic N) is 1. The lowest BCUT2D eigenvalue weighted by molar-refractivity contribution is 0.0764. The normalized spacial score (nSPS) is 11.9. The molecule has 0 aromatic heterocycles. The van der Waals surface area contributed by atoms with Crippen LogP contribution in [0, 0.1) is 13.8 Å². The third kappa shape index (κ3) is 7.14. The fourth-order valence-corrected chi connectivity index (χ4v) is 1.97. The van der Waals surface area contributed by atoms with Crippen LogP contribution in [-0.2, 0) is 4.74 Å². The van der Waals surface area contributed by atoms with E-state index in [-0.39, 0.29) is 0 Å². The summed E-state index contributed by atoms with van der Waals surface area (Å²) in [7, 11) is 0. The molecule has 0 amide bonds. The lowest BCUT2D eigenvalue weighted by Crippen LogP contribution is -2.23. The Morgan fingerprint density at radius 3 is 2.45 bits per heavy atom. The number of unbranched alkanes of at least 4 members (excludes halogenated alkanes) is 1. The second kappa shape index (κ2) is 8.59. The van der Waals surface area contributed by atoms with Gasteiger partial charge in [-0.3, -0.25) is 4.99 Å². The molecule has 20 heavy (non-hydrogen) atoms. The smallest absolute Gasteiger partial charge is 0.193 e. The number of aliphatic imine (C=N–C) groups is 1. The van der Waals surface area contributed by atoms with Crippen molar-refractivity contribution < 1.29 is 4.74 Å².